The van der Waals surface area contributed by atoms with Crippen molar-refractivity contribution >= 4 is 15.9 Å². The molecule has 1 aliphatic rings. The van der Waals surface area contributed by atoms with Gasteiger partial charge in [0.15, 0.2) is 6.29 Å². The number of hydrogen-bond donors (Lipinski definition) is 1. The smallest absolute Gasteiger partial charge is 0.155 e. The maximum atomic E-state index is 9.16. The van der Waals surface area contributed by atoms with E-state index in [1.807, 2.05) is 18.3 Å². The molecule has 2 rings (SSSR count). The molecular weight excluding hydrogens is 234 g/mol. The Bertz CT molecular complexity index is 288. The molecule has 0 amide bonds. The maximum Gasteiger partial charge on any atom is 0.155 e. The zero-order valence-electron chi connectivity index (χ0n) is 6.98. The maximum absolute atomic E-state index is 9.16. The normalized spacial score (nSPS) is 27.8. The number of halogens is 1. The Balaban J connectivity index is 2.13. The third-order valence-corrected chi connectivity index (χ3v) is 2.67. The van der Waals surface area contributed by atoms with Crippen LogP contribution in [0.15, 0.2) is 22.9 Å². The second kappa shape index (κ2) is 3.74. The summed E-state index contributed by atoms with van der Waals surface area (Å²) in [7, 11) is 0. The molecule has 0 spiro atoms. The summed E-state index contributed by atoms with van der Waals surface area (Å²) >= 11 is 3.27. The summed E-state index contributed by atoms with van der Waals surface area (Å²) < 4.78 is 5.90. The van der Waals surface area contributed by atoms with E-state index in [9.17, 15) is 0 Å². The minimum Gasteiger partial charge on any atom is -0.368 e. The molecule has 0 bridgehead atoms. The summed E-state index contributed by atoms with van der Waals surface area (Å²) in [5.41, 5.74) is 1.12. The molecule has 3 nitrogen and oxygen atoms in total. The van der Waals surface area contributed by atoms with Crippen LogP contribution in [-0.4, -0.2) is 23.0 Å². The van der Waals surface area contributed by atoms with Crippen molar-refractivity contribution < 1.29 is 9.84 Å². The molecule has 1 N–H and O–H groups in total. The van der Waals surface area contributed by atoms with Gasteiger partial charge in [-0.25, -0.2) is 4.98 Å². The van der Waals surface area contributed by atoms with Crippen LogP contribution in [0.25, 0.3) is 0 Å². The Kier molecular flexibility index (Phi) is 2.62. The lowest BCUT2D eigenvalue weighted by Crippen LogP contribution is -2.01. The standard InChI is InChI=1S/C9H10BrNO2/c10-8-2-1-6(4-11-8)7-3-9(12)13-5-7/h1-2,4,7,9,12H,3,5H2. The van der Waals surface area contributed by atoms with Crippen molar-refractivity contribution in [3.63, 3.8) is 0 Å². The number of aromatic nitrogens is 1. The van der Waals surface area contributed by atoms with Gasteiger partial charge in [-0.05, 0) is 27.6 Å². The first kappa shape index (κ1) is 9.12. The Morgan fingerprint density at radius 3 is 2.92 bits per heavy atom. The van der Waals surface area contributed by atoms with E-state index in [1.54, 1.807) is 0 Å². The van der Waals surface area contributed by atoms with Gasteiger partial charge in [-0.3, -0.25) is 0 Å². The molecule has 1 fully saturated rings. The molecule has 1 aromatic rings. The van der Waals surface area contributed by atoms with Crippen LogP contribution < -0.4 is 0 Å². The van der Waals surface area contributed by atoms with Gasteiger partial charge in [0, 0.05) is 18.5 Å². The Morgan fingerprint density at radius 1 is 1.54 bits per heavy atom. The lowest BCUT2D eigenvalue weighted by molar-refractivity contribution is -0.0589. The molecule has 4 heteroatoms. The lowest BCUT2D eigenvalue weighted by Gasteiger charge is -2.06. The highest BCUT2D eigenvalue weighted by Crippen LogP contribution is 2.28. The van der Waals surface area contributed by atoms with Crippen molar-refractivity contribution in [1.29, 1.82) is 0 Å². The van der Waals surface area contributed by atoms with Gasteiger partial charge in [-0.2, -0.15) is 0 Å². The van der Waals surface area contributed by atoms with Crippen molar-refractivity contribution in [3.05, 3.63) is 28.5 Å². The topological polar surface area (TPSA) is 42.4 Å². The molecule has 1 aromatic heterocycles. The van der Waals surface area contributed by atoms with Gasteiger partial charge in [-0.1, -0.05) is 6.07 Å². The lowest BCUT2D eigenvalue weighted by atomic mass is 10.0. The fraction of sp³-hybridized carbons (Fsp3) is 0.444. The van der Waals surface area contributed by atoms with Crippen molar-refractivity contribution in [3.8, 4) is 0 Å². The summed E-state index contributed by atoms with van der Waals surface area (Å²) in [5, 5.41) is 9.16. The highest BCUT2D eigenvalue weighted by molar-refractivity contribution is 9.10. The molecule has 0 aromatic carbocycles. The van der Waals surface area contributed by atoms with Crippen molar-refractivity contribution in [1.82, 2.24) is 4.98 Å². The summed E-state index contributed by atoms with van der Waals surface area (Å²) in [4.78, 5) is 4.13. The van der Waals surface area contributed by atoms with E-state index in [4.69, 9.17) is 9.84 Å². The number of ether oxygens (including phenoxy) is 1. The monoisotopic (exact) mass is 243 g/mol. The molecule has 0 radical (unpaired) electrons. The molecule has 1 aliphatic heterocycles. The number of aliphatic hydroxyl groups excluding tert-OH is 1. The molecule has 13 heavy (non-hydrogen) atoms. The van der Waals surface area contributed by atoms with Crippen LogP contribution >= 0.6 is 15.9 Å². The zero-order valence-corrected chi connectivity index (χ0v) is 8.57. The van der Waals surface area contributed by atoms with Crippen LogP contribution in [0.5, 0.6) is 0 Å². The van der Waals surface area contributed by atoms with Gasteiger partial charge in [0.05, 0.1) is 6.61 Å². The van der Waals surface area contributed by atoms with E-state index >= 15 is 0 Å². The zero-order chi connectivity index (χ0) is 9.26. The van der Waals surface area contributed by atoms with E-state index in [2.05, 4.69) is 20.9 Å². The number of rotatable bonds is 1. The predicted molar refractivity (Wildman–Crippen MR) is 51.3 cm³/mol. The van der Waals surface area contributed by atoms with E-state index in [1.165, 1.54) is 0 Å². The van der Waals surface area contributed by atoms with Crippen LogP contribution in [0, 0.1) is 0 Å². The largest absolute Gasteiger partial charge is 0.368 e. The van der Waals surface area contributed by atoms with Crippen molar-refractivity contribution in [2.75, 3.05) is 6.61 Å². The third kappa shape index (κ3) is 2.07. The molecule has 1 saturated heterocycles. The van der Waals surface area contributed by atoms with Crippen LogP contribution in [0.2, 0.25) is 0 Å². The second-order valence-electron chi connectivity index (χ2n) is 3.13. The predicted octanol–water partition coefficient (Wildman–Crippen LogP) is 1.67. The fourth-order valence-electron chi connectivity index (χ4n) is 1.47. The van der Waals surface area contributed by atoms with Gasteiger partial charge >= 0.3 is 0 Å². The molecule has 0 saturated carbocycles. The van der Waals surface area contributed by atoms with Crippen molar-refractivity contribution in [2.45, 2.75) is 18.6 Å². The van der Waals surface area contributed by atoms with Gasteiger partial charge in [-0.15, -0.1) is 0 Å². The first-order chi connectivity index (χ1) is 6.25. The third-order valence-electron chi connectivity index (χ3n) is 2.20. The number of pyridine rings is 1. The van der Waals surface area contributed by atoms with Crippen LogP contribution in [-0.2, 0) is 4.74 Å². The Hall–Kier alpha value is -0.450. The van der Waals surface area contributed by atoms with Crippen LogP contribution in [0.3, 0.4) is 0 Å². The number of nitrogens with zero attached hydrogens (tertiary/aromatic N) is 1. The summed E-state index contributed by atoms with van der Waals surface area (Å²) in [5.74, 6) is 0.288. The van der Waals surface area contributed by atoms with Gasteiger partial charge < -0.3 is 9.84 Å². The highest BCUT2D eigenvalue weighted by atomic mass is 79.9. The Labute approximate surface area is 84.9 Å². The minimum atomic E-state index is -0.603. The summed E-state index contributed by atoms with van der Waals surface area (Å²) in [6.07, 6.45) is 1.88. The second-order valence-corrected chi connectivity index (χ2v) is 3.95. The average Bonchev–Trinajstić information content (AvgIpc) is 2.53. The van der Waals surface area contributed by atoms with Crippen LogP contribution in [0.1, 0.15) is 17.9 Å². The summed E-state index contributed by atoms with van der Waals surface area (Å²) in [6, 6.07) is 3.91. The number of hydrogen-bond acceptors (Lipinski definition) is 3. The van der Waals surface area contributed by atoms with E-state index in [0.717, 1.165) is 10.2 Å². The van der Waals surface area contributed by atoms with Gasteiger partial charge in [0.25, 0.3) is 0 Å². The van der Waals surface area contributed by atoms with E-state index in [-0.39, 0.29) is 5.92 Å². The highest BCUT2D eigenvalue weighted by Gasteiger charge is 2.24. The van der Waals surface area contributed by atoms with Gasteiger partial charge in [0.1, 0.15) is 4.60 Å². The molecular formula is C9H10BrNO2. The molecule has 70 valence electrons. The van der Waals surface area contributed by atoms with Crippen LogP contribution in [0.4, 0.5) is 0 Å². The first-order valence-electron chi connectivity index (χ1n) is 4.17. The van der Waals surface area contributed by atoms with Crippen molar-refractivity contribution in [2.24, 2.45) is 0 Å². The molecule has 2 atom stereocenters. The molecule has 2 heterocycles. The molecule has 0 aliphatic carbocycles. The minimum absolute atomic E-state index is 0.288. The quantitative estimate of drug-likeness (QED) is 0.764. The van der Waals surface area contributed by atoms with Gasteiger partial charge in [0.2, 0.25) is 0 Å². The fourth-order valence-corrected chi connectivity index (χ4v) is 1.70. The van der Waals surface area contributed by atoms with E-state index in [0.29, 0.717) is 13.0 Å². The Morgan fingerprint density at radius 2 is 2.38 bits per heavy atom. The number of aliphatic hydroxyl groups is 1. The molecule has 2 unspecified atom stereocenters. The summed E-state index contributed by atoms with van der Waals surface area (Å²) in [6.45, 7) is 0.588. The average molecular weight is 244 g/mol. The van der Waals surface area contributed by atoms with E-state index < -0.39 is 6.29 Å². The first-order valence-corrected chi connectivity index (χ1v) is 4.96. The SMILES string of the molecule is OC1CC(c2ccc(Br)nc2)CO1.